The van der Waals surface area contributed by atoms with Crippen molar-refractivity contribution >= 4 is 16.9 Å². The van der Waals surface area contributed by atoms with Crippen LogP contribution in [0.3, 0.4) is 0 Å². The number of nitrogens with zero attached hydrogens (tertiary/aromatic N) is 3. The number of carbonyl (C=O) groups is 1. The fourth-order valence-corrected chi connectivity index (χ4v) is 4.54. The first kappa shape index (κ1) is 18.3. The molecule has 1 amide bonds. The Morgan fingerprint density at radius 3 is 2.76 bits per heavy atom. The van der Waals surface area contributed by atoms with E-state index in [0.29, 0.717) is 19.4 Å². The first-order valence-electron chi connectivity index (χ1n) is 10.4. The monoisotopic (exact) mass is 390 g/mol. The summed E-state index contributed by atoms with van der Waals surface area (Å²) >= 11 is 0. The molecule has 2 saturated heterocycles. The molecular weight excluding hydrogens is 364 g/mol. The van der Waals surface area contributed by atoms with E-state index in [9.17, 15) is 4.79 Å². The summed E-state index contributed by atoms with van der Waals surface area (Å²) in [6.45, 7) is 3.82. The lowest BCUT2D eigenvalue weighted by Gasteiger charge is -2.48. The number of ether oxygens (including phenoxy) is 1. The average Bonchev–Trinajstić information content (AvgIpc) is 3.20. The molecule has 2 aromatic carbocycles. The summed E-state index contributed by atoms with van der Waals surface area (Å²) in [5, 5.41) is 0. The number of benzene rings is 2. The number of aromatic amines is 1. The predicted molar refractivity (Wildman–Crippen MR) is 111 cm³/mol. The van der Waals surface area contributed by atoms with Crippen LogP contribution in [0.1, 0.15) is 23.9 Å². The van der Waals surface area contributed by atoms with E-state index in [0.717, 1.165) is 43.1 Å². The number of rotatable bonds is 4. The molecule has 5 rings (SSSR count). The van der Waals surface area contributed by atoms with Crippen molar-refractivity contribution in [1.29, 1.82) is 0 Å². The molecule has 3 aromatic rings. The second-order valence-electron chi connectivity index (χ2n) is 7.90. The molecule has 2 aliphatic heterocycles. The molecule has 6 heteroatoms. The molecule has 2 aliphatic rings. The van der Waals surface area contributed by atoms with Crippen LogP contribution in [-0.4, -0.2) is 64.6 Å². The van der Waals surface area contributed by atoms with E-state index in [-0.39, 0.29) is 18.0 Å². The summed E-state index contributed by atoms with van der Waals surface area (Å²) in [7, 11) is 0. The normalized spacial score (nSPS) is 22.6. The summed E-state index contributed by atoms with van der Waals surface area (Å²) in [6, 6.07) is 19.1. The standard InChI is InChI=1S/C23H26N4O2/c28-23(11-10-22-24-19-8-4-5-9-20(19)25-22)26-12-13-27-18(14-26)15-29-16-21(27)17-6-2-1-3-7-17/h1-9,18,21H,10-16H2,(H,24,25)/t18-,21-/m1/s1. The number of morpholine rings is 1. The molecular formula is C23H26N4O2. The Labute approximate surface area is 170 Å². The van der Waals surface area contributed by atoms with E-state index in [2.05, 4.69) is 39.1 Å². The minimum Gasteiger partial charge on any atom is -0.378 e. The van der Waals surface area contributed by atoms with Crippen LogP contribution in [0.5, 0.6) is 0 Å². The molecule has 2 fully saturated rings. The summed E-state index contributed by atoms with van der Waals surface area (Å²) in [4.78, 5) is 25.3. The van der Waals surface area contributed by atoms with Crippen LogP contribution < -0.4 is 0 Å². The van der Waals surface area contributed by atoms with Crippen LogP contribution >= 0.6 is 0 Å². The number of para-hydroxylation sites is 2. The topological polar surface area (TPSA) is 61.5 Å². The van der Waals surface area contributed by atoms with Gasteiger partial charge in [-0.1, -0.05) is 42.5 Å². The largest absolute Gasteiger partial charge is 0.378 e. The van der Waals surface area contributed by atoms with E-state index >= 15 is 0 Å². The van der Waals surface area contributed by atoms with Gasteiger partial charge in [0.25, 0.3) is 0 Å². The van der Waals surface area contributed by atoms with Crippen molar-refractivity contribution < 1.29 is 9.53 Å². The van der Waals surface area contributed by atoms with Crippen molar-refractivity contribution in [2.45, 2.75) is 24.9 Å². The third-order valence-electron chi connectivity index (χ3n) is 6.07. The summed E-state index contributed by atoms with van der Waals surface area (Å²) in [5.74, 6) is 1.08. The van der Waals surface area contributed by atoms with Gasteiger partial charge < -0.3 is 14.6 Å². The van der Waals surface area contributed by atoms with Gasteiger partial charge in [-0.3, -0.25) is 9.69 Å². The molecule has 3 heterocycles. The second-order valence-corrected chi connectivity index (χ2v) is 7.90. The molecule has 0 bridgehead atoms. The van der Waals surface area contributed by atoms with E-state index in [4.69, 9.17) is 4.74 Å². The van der Waals surface area contributed by atoms with Gasteiger partial charge in [-0.05, 0) is 17.7 Å². The number of fused-ring (bicyclic) bond motifs is 2. The van der Waals surface area contributed by atoms with Gasteiger partial charge in [-0.2, -0.15) is 0 Å². The van der Waals surface area contributed by atoms with Crippen molar-refractivity contribution in [3.63, 3.8) is 0 Å². The molecule has 150 valence electrons. The van der Waals surface area contributed by atoms with Crippen LogP contribution in [0.2, 0.25) is 0 Å². The van der Waals surface area contributed by atoms with Crippen molar-refractivity contribution in [2.24, 2.45) is 0 Å². The lowest BCUT2D eigenvalue weighted by Crippen LogP contribution is -2.60. The summed E-state index contributed by atoms with van der Waals surface area (Å²) in [6.07, 6.45) is 1.12. The first-order valence-corrected chi connectivity index (χ1v) is 10.4. The maximum Gasteiger partial charge on any atom is 0.223 e. The number of hydrogen-bond acceptors (Lipinski definition) is 4. The highest BCUT2D eigenvalue weighted by molar-refractivity contribution is 5.77. The highest BCUT2D eigenvalue weighted by atomic mass is 16.5. The number of piperazine rings is 1. The number of nitrogens with one attached hydrogen (secondary N) is 1. The van der Waals surface area contributed by atoms with E-state index in [1.807, 2.05) is 35.2 Å². The third kappa shape index (κ3) is 3.78. The molecule has 29 heavy (non-hydrogen) atoms. The highest BCUT2D eigenvalue weighted by Crippen LogP contribution is 2.29. The fraction of sp³-hybridized carbons (Fsp3) is 0.391. The molecule has 1 aromatic heterocycles. The smallest absolute Gasteiger partial charge is 0.223 e. The van der Waals surface area contributed by atoms with E-state index < -0.39 is 0 Å². The number of aromatic nitrogens is 2. The highest BCUT2D eigenvalue weighted by Gasteiger charge is 2.37. The van der Waals surface area contributed by atoms with Crippen molar-refractivity contribution in [3.8, 4) is 0 Å². The van der Waals surface area contributed by atoms with Crippen LogP contribution in [-0.2, 0) is 16.0 Å². The summed E-state index contributed by atoms with van der Waals surface area (Å²) in [5.41, 5.74) is 3.27. The molecule has 1 N–H and O–H groups in total. The van der Waals surface area contributed by atoms with Gasteiger partial charge >= 0.3 is 0 Å². The molecule has 0 spiro atoms. The van der Waals surface area contributed by atoms with Crippen LogP contribution in [0.4, 0.5) is 0 Å². The van der Waals surface area contributed by atoms with Crippen LogP contribution in [0, 0.1) is 0 Å². The Morgan fingerprint density at radius 2 is 1.90 bits per heavy atom. The number of carbonyl (C=O) groups excluding carboxylic acids is 1. The van der Waals surface area contributed by atoms with Gasteiger partial charge in [0.1, 0.15) is 5.82 Å². The van der Waals surface area contributed by atoms with Crippen LogP contribution in [0.25, 0.3) is 11.0 Å². The fourth-order valence-electron chi connectivity index (χ4n) is 4.54. The lowest BCUT2D eigenvalue weighted by molar-refractivity contribution is -0.140. The Bertz CT molecular complexity index is 954. The molecule has 0 unspecified atom stereocenters. The number of H-pyrrole nitrogens is 1. The molecule has 6 nitrogen and oxygen atoms in total. The Hall–Kier alpha value is -2.70. The number of aryl methyl sites for hydroxylation is 1. The molecule has 0 aliphatic carbocycles. The van der Waals surface area contributed by atoms with Gasteiger partial charge in [-0.15, -0.1) is 0 Å². The van der Waals surface area contributed by atoms with Crippen molar-refractivity contribution in [3.05, 3.63) is 66.0 Å². The minimum atomic E-state index is 0.201. The predicted octanol–water partition coefficient (Wildman–Crippen LogP) is 2.78. The lowest BCUT2D eigenvalue weighted by atomic mass is 10.00. The number of hydrogen-bond donors (Lipinski definition) is 1. The maximum atomic E-state index is 12.8. The molecule has 0 radical (unpaired) electrons. The van der Waals surface area contributed by atoms with Gasteiger partial charge in [0.15, 0.2) is 0 Å². The maximum absolute atomic E-state index is 12.8. The first-order chi connectivity index (χ1) is 14.3. The Kier molecular flexibility index (Phi) is 5.04. The third-order valence-corrected chi connectivity index (χ3v) is 6.07. The van der Waals surface area contributed by atoms with Gasteiger partial charge in [0.2, 0.25) is 5.91 Å². The zero-order chi connectivity index (χ0) is 19.6. The zero-order valence-corrected chi connectivity index (χ0v) is 16.5. The van der Waals surface area contributed by atoms with Gasteiger partial charge in [-0.25, -0.2) is 4.98 Å². The van der Waals surface area contributed by atoms with Crippen molar-refractivity contribution in [1.82, 2.24) is 19.8 Å². The Morgan fingerprint density at radius 1 is 1.07 bits per heavy atom. The van der Waals surface area contributed by atoms with Gasteiger partial charge in [0.05, 0.1) is 36.3 Å². The van der Waals surface area contributed by atoms with Crippen molar-refractivity contribution in [2.75, 3.05) is 32.8 Å². The number of amides is 1. The number of imidazole rings is 1. The Balaban J connectivity index is 1.20. The SMILES string of the molecule is O=C(CCc1nc2ccccc2[nH]1)N1CCN2[C@@H](COC[C@@H]2c2ccccc2)C1. The average molecular weight is 390 g/mol. The molecule has 2 atom stereocenters. The zero-order valence-electron chi connectivity index (χ0n) is 16.5. The second kappa shape index (κ2) is 7.97. The molecule has 0 saturated carbocycles. The van der Waals surface area contributed by atoms with Gasteiger partial charge in [0, 0.05) is 32.5 Å². The van der Waals surface area contributed by atoms with E-state index in [1.54, 1.807) is 0 Å². The van der Waals surface area contributed by atoms with E-state index in [1.165, 1.54) is 5.56 Å². The van der Waals surface area contributed by atoms with Crippen LogP contribution in [0.15, 0.2) is 54.6 Å². The quantitative estimate of drug-likeness (QED) is 0.744. The summed E-state index contributed by atoms with van der Waals surface area (Å²) < 4.78 is 5.90. The minimum absolute atomic E-state index is 0.201.